The van der Waals surface area contributed by atoms with Gasteiger partial charge in [0, 0.05) is 43.5 Å². The van der Waals surface area contributed by atoms with E-state index in [1.54, 1.807) is 27.3 Å². The van der Waals surface area contributed by atoms with Crippen LogP contribution in [0, 0.1) is 0 Å². The first-order valence-electron chi connectivity index (χ1n) is 13.9. The predicted octanol–water partition coefficient (Wildman–Crippen LogP) is 4.51. The van der Waals surface area contributed by atoms with Crippen LogP contribution in [-0.2, 0) is 11.8 Å². The van der Waals surface area contributed by atoms with Gasteiger partial charge in [-0.1, -0.05) is 18.2 Å². The number of imidazole rings is 1. The summed E-state index contributed by atoms with van der Waals surface area (Å²) in [5, 5.41) is 10.5. The normalized spacial score (nSPS) is 15.2. The second-order valence-electron chi connectivity index (χ2n) is 10.9. The summed E-state index contributed by atoms with van der Waals surface area (Å²) in [6.07, 6.45) is 6.23. The Hall–Kier alpha value is -4.76. The Morgan fingerprint density at radius 2 is 1.73 bits per heavy atom. The SMILES string of the molecule is CC(O)C(=O)N1CCC(c2ccc(-n3c(=O)n(C)c4cnc5ccc(-c6cnc7cc[nH]c7c6)cc5c43)cc2)CC1. The number of aliphatic hydroxyl groups excluding tert-OH is 1. The molecule has 1 aliphatic heterocycles. The second kappa shape index (κ2) is 9.71. The lowest BCUT2D eigenvalue weighted by molar-refractivity contribution is -0.140. The molecule has 0 bridgehead atoms. The molecule has 6 aromatic rings. The standard InChI is InChI=1S/C32H30N6O3/c1-19(39)31(40)37-13-10-21(11-14-37)20-3-6-24(7-4-20)38-30-25-15-22(23-16-28-27(34-17-23)9-12-33-28)5-8-26(25)35-18-29(30)36(2)32(38)41/h3-9,12,15-19,21,33,39H,10-11,13-14H2,1-2H3. The van der Waals surface area contributed by atoms with Gasteiger partial charge in [-0.05, 0) is 73.2 Å². The zero-order valence-electron chi connectivity index (χ0n) is 22.9. The van der Waals surface area contributed by atoms with Gasteiger partial charge in [0.2, 0.25) is 0 Å². The Bertz CT molecular complexity index is 1990. The largest absolute Gasteiger partial charge is 0.384 e. The first-order valence-corrected chi connectivity index (χ1v) is 13.9. The van der Waals surface area contributed by atoms with Crippen LogP contribution in [0.25, 0.3) is 49.8 Å². The summed E-state index contributed by atoms with van der Waals surface area (Å²) < 4.78 is 3.41. The molecular weight excluding hydrogens is 516 g/mol. The van der Waals surface area contributed by atoms with Gasteiger partial charge < -0.3 is 15.0 Å². The zero-order valence-corrected chi connectivity index (χ0v) is 22.9. The van der Waals surface area contributed by atoms with Crippen molar-refractivity contribution in [2.24, 2.45) is 7.05 Å². The molecule has 4 aromatic heterocycles. The number of rotatable bonds is 4. The molecule has 2 aromatic carbocycles. The van der Waals surface area contributed by atoms with Crippen molar-refractivity contribution in [3.05, 3.63) is 89.2 Å². The molecule has 2 N–H and O–H groups in total. The lowest BCUT2D eigenvalue weighted by Crippen LogP contribution is -2.42. The number of aromatic nitrogens is 5. The topological polar surface area (TPSA) is 109 Å². The van der Waals surface area contributed by atoms with Crippen molar-refractivity contribution >= 4 is 38.9 Å². The summed E-state index contributed by atoms with van der Waals surface area (Å²) in [4.78, 5) is 39.9. The lowest BCUT2D eigenvalue weighted by atomic mass is 9.89. The third-order valence-electron chi connectivity index (χ3n) is 8.40. The number of aryl methyl sites for hydroxylation is 1. The number of carbonyl (C=O) groups excluding carboxylic acids is 1. The third-order valence-corrected chi connectivity index (χ3v) is 8.40. The number of amides is 1. The number of nitrogens with zero attached hydrogens (tertiary/aromatic N) is 5. The van der Waals surface area contributed by atoms with Crippen molar-refractivity contribution in [1.29, 1.82) is 0 Å². The van der Waals surface area contributed by atoms with Crippen molar-refractivity contribution in [3.8, 4) is 16.8 Å². The molecule has 1 aliphatic rings. The van der Waals surface area contributed by atoms with Crippen LogP contribution >= 0.6 is 0 Å². The third kappa shape index (κ3) is 4.20. The van der Waals surface area contributed by atoms with Crippen LogP contribution < -0.4 is 5.69 Å². The van der Waals surface area contributed by atoms with E-state index in [2.05, 4.69) is 39.2 Å². The summed E-state index contributed by atoms with van der Waals surface area (Å²) in [6, 6.07) is 18.3. The van der Waals surface area contributed by atoms with Crippen molar-refractivity contribution in [3.63, 3.8) is 0 Å². The van der Waals surface area contributed by atoms with Crippen LogP contribution in [0.2, 0.25) is 0 Å². The number of pyridine rings is 2. The molecule has 1 unspecified atom stereocenters. The fourth-order valence-corrected chi connectivity index (χ4v) is 6.10. The molecule has 0 radical (unpaired) electrons. The van der Waals surface area contributed by atoms with E-state index >= 15 is 0 Å². The van der Waals surface area contributed by atoms with Crippen molar-refractivity contribution < 1.29 is 9.90 Å². The molecular formula is C32H30N6O3. The number of aliphatic hydroxyl groups is 1. The van der Waals surface area contributed by atoms with Gasteiger partial charge in [-0.25, -0.2) is 4.79 Å². The summed E-state index contributed by atoms with van der Waals surface area (Å²) >= 11 is 0. The summed E-state index contributed by atoms with van der Waals surface area (Å²) in [7, 11) is 1.78. The number of H-pyrrole nitrogens is 1. The van der Waals surface area contributed by atoms with Crippen LogP contribution in [-0.4, -0.2) is 59.2 Å². The first kappa shape index (κ1) is 25.2. The van der Waals surface area contributed by atoms with E-state index in [9.17, 15) is 14.7 Å². The number of piperidine rings is 1. The Morgan fingerprint density at radius 1 is 0.976 bits per heavy atom. The Morgan fingerprint density at radius 3 is 2.49 bits per heavy atom. The van der Waals surface area contributed by atoms with Gasteiger partial charge in [0.25, 0.3) is 5.91 Å². The lowest BCUT2D eigenvalue weighted by Gasteiger charge is -2.33. The number of nitrogens with one attached hydrogen (secondary N) is 1. The molecule has 0 spiro atoms. The molecule has 9 nitrogen and oxygen atoms in total. The highest BCUT2D eigenvalue weighted by molar-refractivity contribution is 6.04. The maximum absolute atomic E-state index is 13.6. The fraction of sp³-hybridized carbons (Fsp3) is 0.250. The van der Waals surface area contributed by atoms with E-state index in [0.29, 0.717) is 19.0 Å². The predicted molar refractivity (Wildman–Crippen MR) is 159 cm³/mol. The molecule has 1 amide bonds. The van der Waals surface area contributed by atoms with E-state index in [0.717, 1.165) is 62.6 Å². The molecule has 0 saturated carbocycles. The molecule has 0 aliphatic carbocycles. The number of benzene rings is 2. The molecule has 9 heteroatoms. The van der Waals surface area contributed by atoms with Crippen LogP contribution in [0.3, 0.4) is 0 Å². The van der Waals surface area contributed by atoms with E-state index in [4.69, 9.17) is 0 Å². The number of carbonyl (C=O) groups is 1. The molecule has 7 rings (SSSR count). The van der Waals surface area contributed by atoms with Crippen molar-refractivity contribution in [2.45, 2.75) is 31.8 Å². The van der Waals surface area contributed by atoms with E-state index < -0.39 is 6.10 Å². The van der Waals surface area contributed by atoms with Crippen LogP contribution in [0.15, 0.2) is 78.0 Å². The highest BCUT2D eigenvalue weighted by Gasteiger charge is 2.26. The van der Waals surface area contributed by atoms with Crippen molar-refractivity contribution in [2.75, 3.05) is 13.1 Å². The first-order chi connectivity index (χ1) is 19.9. The van der Waals surface area contributed by atoms with Gasteiger partial charge in [0.05, 0.1) is 39.5 Å². The van der Waals surface area contributed by atoms with E-state index in [1.807, 2.05) is 42.7 Å². The minimum atomic E-state index is -0.966. The fourth-order valence-electron chi connectivity index (χ4n) is 6.10. The Balaban J connectivity index is 1.27. The molecule has 1 saturated heterocycles. The highest BCUT2D eigenvalue weighted by Crippen LogP contribution is 2.32. The van der Waals surface area contributed by atoms with Crippen LogP contribution in [0.5, 0.6) is 0 Å². The quantitative estimate of drug-likeness (QED) is 0.338. The second-order valence-corrected chi connectivity index (χ2v) is 10.9. The molecule has 41 heavy (non-hydrogen) atoms. The maximum Gasteiger partial charge on any atom is 0.333 e. The van der Waals surface area contributed by atoms with Crippen LogP contribution in [0.1, 0.15) is 31.2 Å². The van der Waals surface area contributed by atoms with Gasteiger partial charge >= 0.3 is 5.69 Å². The van der Waals surface area contributed by atoms with Crippen LogP contribution in [0.4, 0.5) is 0 Å². The number of hydrogen-bond acceptors (Lipinski definition) is 5. The molecule has 206 valence electrons. The van der Waals surface area contributed by atoms with Gasteiger partial charge in [-0.15, -0.1) is 0 Å². The minimum absolute atomic E-state index is 0.133. The summed E-state index contributed by atoms with van der Waals surface area (Å²) in [5.41, 5.74) is 8.09. The highest BCUT2D eigenvalue weighted by atomic mass is 16.3. The van der Waals surface area contributed by atoms with Gasteiger partial charge in [-0.2, -0.15) is 0 Å². The smallest absolute Gasteiger partial charge is 0.333 e. The minimum Gasteiger partial charge on any atom is -0.384 e. The molecule has 1 fully saturated rings. The maximum atomic E-state index is 13.6. The van der Waals surface area contributed by atoms with Gasteiger partial charge in [-0.3, -0.25) is 23.9 Å². The van der Waals surface area contributed by atoms with E-state index in [1.165, 1.54) is 12.5 Å². The number of fused-ring (bicyclic) bond motifs is 4. The molecule has 1 atom stereocenters. The zero-order chi connectivity index (χ0) is 28.2. The van der Waals surface area contributed by atoms with Gasteiger partial charge in [0.15, 0.2) is 0 Å². The Labute approximate surface area is 235 Å². The van der Waals surface area contributed by atoms with Crippen molar-refractivity contribution in [1.82, 2.24) is 29.0 Å². The van der Waals surface area contributed by atoms with E-state index in [-0.39, 0.29) is 11.6 Å². The summed E-state index contributed by atoms with van der Waals surface area (Å²) in [5.74, 6) is 0.115. The van der Waals surface area contributed by atoms with Gasteiger partial charge in [0.1, 0.15) is 6.10 Å². The number of likely N-dealkylation sites (tertiary alicyclic amines) is 1. The Kier molecular flexibility index (Phi) is 5.97. The average Bonchev–Trinajstić information content (AvgIpc) is 3.58. The number of hydrogen-bond donors (Lipinski definition) is 2. The molecule has 5 heterocycles. The summed E-state index contributed by atoms with van der Waals surface area (Å²) in [6.45, 7) is 2.78. The number of aromatic amines is 1. The average molecular weight is 547 g/mol. The monoisotopic (exact) mass is 546 g/mol.